The molecule has 3 aromatic carbocycles. The van der Waals surface area contributed by atoms with E-state index in [2.05, 4.69) is 0 Å². The first-order chi connectivity index (χ1) is 18.1. The van der Waals surface area contributed by atoms with Crippen molar-refractivity contribution in [2.45, 2.75) is 24.1 Å². The van der Waals surface area contributed by atoms with Crippen molar-refractivity contribution in [3.05, 3.63) is 92.7 Å². The van der Waals surface area contributed by atoms with Gasteiger partial charge in [-0.1, -0.05) is 23.7 Å². The zero-order chi connectivity index (χ0) is 29.1. The molecular weight excluding hydrogens is 574 g/mol. The molecule has 0 heterocycles. The zero-order valence-electron chi connectivity index (χ0n) is 19.5. The first-order valence-electron chi connectivity index (χ1n) is 10.5. The molecule has 0 spiro atoms. The van der Waals surface area contributed by atoms with Crippen LogP contribution < -0.4 is 10.0 Å². The minimum Gasteiger partial charge on any atom is -0.449 e. The fourth-order valence-corrected chi connectivity index (χ4v) is 4.36. The third-order valence-electron chi connectivity index (χ3n) is 5.02. The number of hydrogen-bond acceptors (Lipinski definition) is 7. The van der Waals surface area contributed by atoms with Gasteiger partial charge in [-0.05, 0) is 43.3 Å². The van der Waals surface area contributed by atoms with Gasteiger partial charge < -0.3 is 10.1 Å². The van der Waals surface area contributed by atoms with Gasteiger partial charge >= 0.3 is 12.1 Å². The van der Waals surface area contributed by atoms with Crippen LogP contribution in [0.3, 0.4) is 0 Å². The Balaban J connectivity index is 1.80. The van der Waals surface area contributed by atoms with Crippen LogP contribution in [0.5, 0.6) is 0 Å². The van der Waals surface area contributed by atoms with Gasteiger partial charge in [0.2, 0.25) is 0 Å². The van der Waals surface area contributed by atoms with Crippen LogP contribution >= 0.6 is 11.6 Å². The van der Waals surface area contributed by atoms with E-state index in [1.807, 2.05) is 10.0 Å². The van der Waals surface area contributed by atoms with Gasteiger partial charge in [-0.2, -0.15) is 13.2 Å². The van der Waals surface area contributed by atoms with Crippen LogP contribution in [-0.2, 0) is 25.7 Å². The van der Waals surface area contributed by atoms with Crippen LogP contribution in [0, 0.1) is 15.9 Å². The topological polar surface area (TPSA) is 145 Å². The fourth-order valence-electron chi connectivity index (χ4n) is 3.08. The van der Waals surface area contributed by atoms with E-state index in [9.17, 15) is 45.7 Å². The number of nitrogens with one attached hydrogen (secondary N) is 2. The lowest BCUT2D eigenvalue weighted by Crippen LogP contribution is -2.31. The summed E-state index contributed by atoms with van der Waals surface area (Å²) in [5.41, 5.74) is -4.09. The molecule has 0 aromatic heterocycles. The number of halogens is 5. The third-order valence-corrected chi connectivity index (χ3v) is 6.71. The second kappa shape index (κ2) is 11.2. The van der Waals surface area contributed by atoms with Gasteiger partial charge in [0, 0.05) is 12.1 Å². The number of ether oxygens (including phenoxy) is 1. The molecule has 0 radical (unpaired) electrons. The normalized spacial score (nSPS) is 12.4. The summed E-state index contributed by atoms with van der Waals surface area (Å²) in [6, 6.07) is 9.39. The molecule has 0 aliphatic carbocycles. The van der Waals surface area contributed by atoms with Gasteiger partial charge in [-0.15, -0.1) is 0 Å². The number of rotatable bonds is 8. The second-order valence-electron chi connectivity index (χ2n) is 7.75. The lowest BCUT2D eigenvalue weighted by molar-refractivity contribution is -0.385. The highest BCUT2D eigenvalue weighted by molar-refractivity contribution is 7.92. The summed E-state index contributed by atoms with van der Waals surface area (Å²) in [5, 5.41) is 12.4. The number of nitro groups is 1. The van der Waals surface area contributed by atoms with E-state index < -0.39 is 72.3 Å². The maximum atomic E-state index is 13.9. The van der Waals surface area contributed by atoms with Gasteiger partial charge in [-0.3, -0.25) is 19.6 Å². The number of sulfonamides is 1. The van der Waals surface area contributed by atoms with Crippen molar-refractivity contribution < 1.29 is 45.2 Å². The van der Waals surface area contributed by atoms with E-state index in [-0.39, 0.29) is 16.8 Å². The molecule has 0 aliphatic heterocycles. The molecule has 2 N–H and O–H groups in total. The quantitative estimate of drug-likeness (QED) is 0.155. The number of hydrogen-bond donors (Lipinski definition) is 2. The lowest BCUT2D eigenvalue weighted by Gasteiger charge is -2.17. The molecule has 0 fully saturated rings. The van der Waals surface area contributed by atoms with Gasteiger partial charge in [0.15, 0.2) is 6.10 Å². The van der Waals surface area contributed by atoms with Gasteiger partial charge in [0.25, 0.3) is 21.6 Å². The highest BCUT2D eigenvalue weighted by atomic mass is 35.5. The monoisotopic (exact) mass is 589 g/mol. The van der Waals surface area contributed by atoms with Crippen LogP contribution in [0.4, 0.5) is 34.6 Å². The number of carbonyl (C=O) groups excluding carboxylic acids is 2. The maximum Gasteiger partial charge on any atom is 0.418 e. The summed E-state index contributed by atoms with van der Waals surface area (Å²) < 4.78 is 86.3. The summed E-state index contributed by atoms with van der Waals surface area (Å²) in [7, 11) is -4.41. The number of para-hydroxylation sites is 1. The number of nitrogens with zero attached hydrogens (tertiary/aromatic N) is 1. The van der Waals surface area contributed by atoms with Crippen molar-refractivity contribution in [2.24, 2.45) is 0 Å². The molecular formula is C23H16ClF4N3O7S. The Morgan fingerprint density at radius 3 is 2.33 bits per heavy atom. The van der Waals surface area contributed by atoms with Crippen LogP contribution in [0.25, 0.3) is 0 Å². The number of non-ortho nitro benzene ring substituents is 1. The molecule has 1 amide bonds. The van der Waals surface area contributed by atoms with E-state index in [1.54, 1.807) is 0 Å². The fraction of sp³-hybridized carbons (Fsp3) is 0.130. The number of benzene rings is 3. The van der Waals surface area contributed by atoms with Crippen LogP contribution in [0.2, 0.25) is 5.02 Å². The Bertz CT molecular complexity index is 1570. The largest absolute Gasteiger partial charge is 0.449 e. The molecule has 206 valence electrons. The molecule has 16 heteroatoms. The predicted molar refractivity (Wildman–Crippen MR) is 130 cm³/mol. The third kappa shape index (κ3) is 7.00. The summed E-state index contributed by atoms with van der Waals surface area (Å²) >= 11 is 5.97. The highest BCUT2D eigenvalue weighted by Crippen LogP contribution is 2.37. The smallest absolute Gasteiger partial charge is 0.418 e. The van der Waals surface area contributed by atoms with E-state index in [4.69, 9.17) is 16.3 Å². The Kier molecular flexibility index (Phi) is 8.45. The molecule has 1 atom stereocenters. The summed E-state index contributed by atoms with van der Waals surface area (Å²) in [6.07, 6.45) is -6.79. The first-order valence-corrected chi connectivity index (χ1v) is 12.4. The Hall–Kier alpha value is -4.24. The number of amides is 1. The molecule has 3 aromatic rings. The summed E-state index contributed by atoms with van der Waals surface area (Å²) in [5.74, 6) is -3.40. The van der Waals surface area contributed by atoms with Crippen molar-refractivity contribution in [2.75, 3.05) is 10.0 Å². The molecule has 0 aliphatic rings. The maximum absolute atomic E-state index is 13.9. The standard InChI is InChI=1S/C23H16ClF4N3O7S/c1-12(21(32)29-19-9-6-13(31(34)35)10-16(19)23(26,27)28)38-22(33)15-11-14(7-8-17(15)24)39(36,37)30-20-5-3-2-4-18(20)25/h2-12,30H,1H3,(H,29,32)/t12-/m0/s1. The number of nitro benzene ring substituents is 1. The molecule has 0 saturated heterocycles. The number of alkyl halides is 3. The van der Waals surface area contributed by atoms with Crippen molar-refractivity contribution in [3.63, 3.8) is 0 Å². The molecule has 3 rings (SSSR count). The average Bonchev–Trinajstić information content (AvgIpc) is 2.84. The summed E-state index contributed by atoms with van der Waals surface area (Å²) in [4.78, 5) is 34.4. The van der Waals surface area contributed by atoms with Crippen molar-refractivity contribution in [1.82, 2.24) is 0 Å². The zero-order valence-corrected chi connectivity index (χ0v) is 21.0. The highest BCUT2D eigenvalue weighted by Gasteiger charge is 2.36. The van der Waals surface area contributed by atoms with E-state index >= 15 is 0 Å². The van der Waals surface area contributed by atoms with Gasteiger partial charge in [0.05, 0.1) is 37.3 Å². The number of carbonyl (C=O) groups is 2. The minimum atomic E-state index is -5.06. The Labute approximate surface area is 222 Å². The van der Waals surface area contributed by atoms with E-state index in [1.165, 1.54) is 12.1 Å². The molecule has 0 bridgehead atoms. The second-order valence-corrected chi connectivity index (χ2v) is 9.84. The van der Waals surface area contributed by atoms with Crippen molar-refractivity contribution in [1.29, 1.82) is 0 Å². The van der Waals surface area contributed by atoms with Gasteiger partial charge in [0.1, 0.15) is 5.82 Å². The average molecular weight is 590 g/mol. The van der Waals surface area contributed by atoms with Crippen molar-refractivity contribution in [3.8, 4) is 0 Å². The number of esters is 1. The summed E-state index contributed by atoms with van der Waals surface area (Å²) in [6.45, 7) is 1.01. The molecule has 0 saturated carbocycles. The van der Waals surface area contributed by atoms with Crippen molar-refractivity contribution >= 4 is 50.6 Å². The van der Waals surface area contributed by atoms with Crippen LogP contribution in [0.1, 0.15) is 22.8 Å². The first kappa shape index (κ1) is 29.3. The SMILES string of the molecule is C[C@H](OC(=O)c1cc(S(=O)(=O)Nc2ccccc2F)ccc1Cl)C(=O)Nc1ccc([N+](=O)[O-])cc1C(F)(F)F. The van der Waals surface area contributed by atoms with E-state index in [0.717, 1.165) is 43.3 Å². The van der Waals surface area contributed by atoms with E-state index in [0.29, 0.717) is 6.07 Å². The van der Waals surface area contributed by atoms with Gasteiger partial charge in [-0.25, -0.2) is 17.6 Å². The molecule has 0 unspecified atom stereocenters. The Morgan fingerprint density at radius 1 is 1.05 bits per heavy atom. The number of anilines is 2. The lowest BCUT2D eigenvalue weighted by atomic mass is 10.1. The van der Waals surface area contributed by atoms with Crippen LogP contribution in [-0.4, -0.2) is 31.3 Å². The Morgan fingerprint density at radius 2 is 1.72 bits per heavy atom. The minimum absolute atomic E-state index is 0.230. The molecule has 39 heavy (non-hydrogen) atoms. The molecule has 10 nitrogen and oxygen atoms in total. The predicted octanol–water partition coefficient (Wildman–Crippen LogP) is 5.39. The van der Waals surface area contributed by atoms with Crippen LogP contribution in [0.15, 0.2) is 65.6 Å².